The zero-order valence-corrected chi connectivity index (χ0v) is 7.64. The summed E-state index contributed by atoms with van der Waals surface area (Å²) in [7, 11) is 1.21. The second-order valence-electron chi connectivity index (χ2n) is 2.95. The second-order valence-corrected chi connectivity index (χ2v) is 2.95. The summed E-state index contributed by atoms with van der Waals surface area (Å²) in [6, 6.07) is -0.729. The van der Waals surface area contributed by atoms with Crippen LogP contribution in [0.25, 0.3) is 0 Å². The number of amides is 4. The van der Waals surface area contributed by atoms with E-state index in [2.05, 4.69) is 0 Å². The molecule has 1 fully saturated rings. The highest BCUT2D eigenvalue weighted by molar-refractivity contribution is 6.44. The minimum atomic E-state index is -0.998. The average molecular weight is 201 g/mol. The van der Waals surface area contributed by atoms with Crippen LogP contribution in [-0.4, -0.2) is 59.0 Å². The van der Waals surface area contributed by atoms with E-state index in [0.717, 1.165) is 0 Å². The molecule has 0 bridgehead atoms. The number of hydrogen-bond donors (Lipinski definition) is 2. The molecular weight excluding hydrogens is 190 g/mol. The molecule has 0 aromatic heterocycles. The van der Waals surface area contributed by atoms with Crippen LogP contribution in [0.2, 0.25) is 0 Å². The molecule has 7 heteroatoms. The smallest absolute Gasteiger partial charge is 0.334 e. The molecule has 78 valence electrons. The molecule has 14 heavy (non-hydrogen) atoms. The molecule has 0 radical (unpaired) electrons. The summed E-state index contributed by atoms with van der Waals surface area (Å²) in [6.45, 7) is -0.320. The van der Waals surface area contributed by atoms with E-state index in [0.29, 0.717) is 9.80 Å². The molecule has 1 heterocycles. The lowest BCUT2D eigenvalue weighted by Crippen LogP contribution is -2.40. The van der Waals surface area contributed by atoms with Crippen molar-refractivity contribution in [3.8, 4) is 0 Å². The number of hydrogen-bond acceptors (Lipinski definition) is 5. The van der Waals surface area contributed by atoms with Crippen molar-refractivity contribution in [2.45, 2.75) is 6.10 Å². The summed E-state index contributed by atoms with van der Waals surface area (Å²) in [6.07, 6.45) is -0.998. The molecule has 1 aliphatic rings. The first-order valence-corrected chi connectivity index (χ1v) is 4.00. The number of aliphatic hydroxyl groups excluding tert-OH is 1. The fourth-order valence-electron chi connectivity index (χ4n) is 1.06. The van der Waals surface area contributed by atoms with Gasteiger partial charge in [0.25, 0.3) is 0 Å². The lowest BCUT2D eigenvalue weighted by atomic mass is 10.3. The van der Waals surface area contributed by atoms with Gasteiger partial charge in [0.05, 0.1) is 12.6 Å². The average Bonchev–Trinajstić information content (AvgIpc) is 2.35. The van der Waals surface area contributed by atoms with Crippen LogP contribution in [0.5, 0.6) is 0 Å². The highest BCUT2D eigenvalue weighted by atomic mass is 16.3. The molecule has 4 amide bonds. The maximum absolute atomic E-state index is 11.2. The van der Waals surface area contributed by atoms with Gasteiger partial charge in [-0.2, -0.15) is 0 Å². The predicted molar refractivity (Wildman–Crippen MR) is 44.9 cm³/mol. The number of aliphatic hydroxyl groups is 1. The third-order valence-corrected chi connectivity index (χ3v) is 1.92. The Morgan fingerprint density at radius 3 is 2.29 bits per heavy atom. The number of carbonyl (C=O) groups excluding carboxylic acids is 3. The molecule has 0 spiro atoms. The van der Waals surface area contributed by atoms with Crippen LogP contribution in [0.15, 0.2) is 0 Å². The molecule has 0 saturated carbocycles. The molecule has 1 aliphatic heterocycles. The van der Waals surface area contributed by atoms with Crippen molar-refractivity contribution in [2.75, 3.05) is 20.1 Å². The van der Waals surface area contributed by atoms with Gasteiger partial charge in [-0.15, -0.1) is 0 Å². The van der Waals surface area contributed by atoms with Crippen molar-refractivity contribution >= 4 is 17.8 Å². The van der Waals surface area contributed by atoms with Crippen LogP contribution < -0.4 is 5.73 Å². The van der Waals surface area contributed by atoms with E-state index in [1.165, 1.54) is 7.05 Å². The van der Waals surface area contributed by atoms with Gasteiger partial charge in [0, 0.05) is 13.6 Å². The molecule has 0 aromatic carbocycles. The van der Waals surface area contributed by atoms with E-state index in [9.17, 15) is 14.4 Å². The van der Waals surface area contributed by atoms with Crippen LogP contribution in [-0.2, 0) is 9.59 Å². The number of nitrogens with two attached hydrogens (primary N) is 1. The maximum atomic E-state index is 11.2. The van der Waals surface area contributed by atoms with Gasteiger partial charge >= 0.3 is 17.8 Å². The van der Waals surface area contributed by atoms with Crippen LogP contribution in [0.1, 0.15) is 0 Å². The minimum absolute atomic E-state index is 0.0744. The lowest BCUT2D eigenvalue weighted by Gasteiger charge is -2.15. The van der Waals surface area contributed by atoms with Crippen molar-refractivity contribution in [1.29, 1.82) is 0 Å². The Bertz CT molecular complexity index is 291. The van der Waals surface area contributed by atoms with Gasteiger partial charge < -0.3 is 10.8 Å². The van der Waals surface area contributed by atoms with Crippen molar-refractivity contribution in [2.24, 2.45) is 5.73 Å². The Kier molecular flexibility index (Phi) is 2.82. The van der Waals surface area contributed by atoms with E-state index in [1.807, 2.05) is 0 Å². The maximum Gasteiger partial charge on any atom is 0.334 e. The summed E-state index contributed by atoms with van der Waals surface area (Å²) in [5.74, 6) is -1.82. The number of imide groups is 2. The van der Waals surface area contributed by atoms with Crippen LogP contribution >= 0.6 is 0 Å². The van der Waals surface area contributed by atoms with Gasteiger partial charge in [0.15, 0.2) is 0 Å². The Morgan fingerprint density at radius 2 is 1.93 bits per heavy atom. The largest absolute Gasteiger partial charge is 0.390 e. The standard InChI is InChI=1S/C7H11N3O4/c1-9-5(12)6(13)10(7(9)14)3-4(11)2-8/h4,11H,2-3,8H2,1H3. The molecular formula is C7H11N3O4. The van der Waals surface area contributed by atoms with Crippen molar-refractivity contribution < 1.29 is 19.5 Å². The highest BCUT2D eigenvalue weighted by Crippen LogP contribution is 2.09. The van der Waals surface area contributed by atoms with E-state index >= 15 is 0 Å². The Hall–Kier alpha value is -1.47. The van der Waals surface area contributed by atoms with Crippen LogP contribution in [0.4, 0.5) is 4.79 Å². The second kappa shape index (κ2) is 3.72. The molecule has 1 saturated heterocycles. The fraction of sp³-hybridized carbons (Fsp3) is 0.571. The van der Waals surface area contributed by atoms with Gasteiger partial charge in [0.1, 0.15) is 0 Å². The quantitative estimate of drug-likeness (QED) is 0.395. The van der Waals surface area contributed by atoms with Crippen molar-refractivity contribution in [3.63, 3.8) is 0 Å². The van der Waals surface area contributed by atoms with E-state index in [4.69, 9.17) is 10.8 Å². The van der Waals surface area contributed by atoms with Crippen molar-refractivity contribution in [3.05, 3.63) is 0 Å². The van der Waals surface area contributed by atoms with Gasteiger partial charge in [0.2, 0.25) is 0 Å². The Morgan fingerprint density at radius 1 is 1.36 bits per heavy atom. The first kappa shape index (κ1) is 10.6. The van der Waals surface area contributed by atoms with E-state index in [1.54, 1.807) is 0 Å². The number of rotatable bonds is 3. The molecule has 3 N–H and O–H groups in total. The third-order valence-electron chi connectivity index (χ3n) is 1.92. The first-order valence-electron chi connectivity index (χ1n) is 4.00. The Balaban J connectivity index is 2.75. The van der Waals surface area contributed by atoms with Crippen LogP contribution in [0, 0.1) is 0 Å². The summed E-state index contributed by atoms with van der Waals surface area (Å²) in [5, 5.41) is 9.13. The van der Waals surface area contributed by atoms with E-state index in [-0.39, 0.29) is 13.1 Å². The first-order chi connectivity index (χ1) is 6.49. The zero-order valence-electron chi connectivity index (χ0n) is 7.64. The van der Waals surface area contributed by atoms with Gasteiger partial charge in [-0.1, -0.05) is 0 Å². The SMILES string of the molecule is CN1C(=O)C(=O)N(CC(O)CN)C1=O. The topological polar surface area (TPSA) is 104 Å². The lowest BCUT2D eigenvalue weighted by molar-refractivity contribution is -0.143. The number of β-amino-alcohol motifs (C(OH)–C–C–N with tert-alkyl or cyclic N) is 1. The third kappa shape index (κ3) is 1.59. The molecule has 1 unspecified atom stereocenters. The number of nitrogens with zero attached hydrogens (tertiary/aromatic N) is 2. The summed E-state index contributed by atoms with van der Waals surface area (Å²) in [5.41, 5.74) is 5.11. The molecule has 0 aliphatic carbocycles. The number of urea groups is 1. The summed E-state index contributed by atoms with van der Waals surface area (Å²) < 4.78 is 0. The van der Waals surface area contributed by atoms with Crippen molar-refractivity contribution in [1.82, 2.24) is 9.80 Å². The Labute approximate surface area is 80.1 Å². The van der Waals surface area contributed by atoms with E-state index < -0.39 is 23.9 Å². The van der Waals surface area contributed by atoms with Gasteiger partial charge in [-0.3, -0.25) is 19.4 Å². The molecule has 1 atom stereocenters. The monoisotopic (exact) mass is 201 g/mol. The predicted octanol–water partition coefficient (Wildman–Crippen LogP) is -2.27. The molecule has 0 aromatic rings. The summed E-state index contributed by atoms with van der Waals surface area (Å²) in [4.78, 5) is 34.8. The van der Waals surface area contributed by atoms with Gasteiger partial charge in [-0.25, -0.2) is 4.79 Å². The highest BCUT2D eigenvalue weighted by Gasteiger charge is 2.42. The minimum Gasteiger partial charge on any atom is -0.390 e. The number of carbonyl (C=O) groups is 3. The number of likely N-dealkylation sites (N-methyl/N-ethyl adjacent to an activating group) is 1. The van der Waals surface area contributed by atoms with Gasteiger partial charge in [-0.05, 0) is 0 Å². The molecule has 1 rings (SSSR count). The van der Waals surface area contributed by atoms with Crippen LogP contribution in [0.3, 0.4) is 0 Å². The summed E-state index contributed by atoms with van der Waals surface area (Å²) >= 11 is 0. The zero-order chi connectivity index (χ0) is 10.9. The molecule has 7 nitrogen and oxygen atoms in total. The normalized spacial score (nSPS) is 19.5. The fourth-order valence-corrected chi connectivity index (χ4v) is 1.06.